The number of benzene rings is 1. The lowest BCUT2D eigenvalue weighted by atomic mass is 9.99. The van der Waals surface area contributed by atoms with E-state index in [4.69, 9.17) is 5.26 Å². The highest BCUT2D eigenvalue weighted by Gasteiger charge is 2.34. The lowest BCUT2D eigenvalue weighted by Crippen LogP contribution is -2.47. The van der Waals surface area contributed by atoms with E-state index in [9.17, 15) is 9.59 Å². The molecule has 4 rings (SSSR count). The van der Waals surface area contributed by atoms with Gasteiger partial charge in [0.15, 0.2) is 0 Å². The van der Waals surface area contributed by atoms with Crippen LogP contribution in [0.5, 0.6) is 0 Å². The van der Waals surface area contributed by atoms with Crippen molar-refractivity contribution in [1.82, 2.24) is 20.7 Å². The number of hydrogen-bond acceptors (Lipinski definition) is 5. The standard InChI is InChI=1S/C19H19N5O2/c20-10-13-8-14-11-24(7-6-15(14)21-18(13)25)19(26)17-9-16(22-23-17)12-4-2-1-3-5-12/h1-5,8,16-17,22-23H,6-7,9,11H2,(H,21,25). The molecule has 2 aliphatic rings. The van der Waals surface area contributed by atoms with Gasteiger partial charge in [-0.25, -0.2) is 10.9 Å². The molecule has 1 fully saturated rings. The predicted molar refractivity (Wildman–Crippen MR) is 94.8 cm³/mol. The summed E-state index contributed by atoms with van der Waals surface area (Å²) in [6.07, 6.45) is 1.27. The number of nitrogens with one attached hydrogen (secondary N) is 3. The summed E-state index contributed by atoms with van der Waals surface area (Å²) in [6.45, 7) is 0.968. The SMILES string of the molecule is N#Cc1cc2c([nH]c1=O)CCN(C(=O)C1CC(c3ccccc3)NN1)C2. The van der Waals surface area contributed by atoms with E-state index in [-0.39, 0.29) is 29.1 Å². The van der Waals surface area contributed by atoms with Crippen LogP contribution in [0.4, 0.5) is 0 Å². The number of hydrazine groups is 1. The molecule has 132 valence electrons. The maximum atomic E-state index is 12.9. The summed E-state index contributed by atoms with van der Waals surface area (Å²) >= 11 is 0. The molecule has 1 aromatic carbocycles. The molecule has 2 atom stereocenters. The van der Waals surface area contributed by atoms with Crippen molar-refractivity contribution < 1.29 is 4.79 Å². The number of amides is 1. The minimum absolute atomic E-state index is 0.0336. The molecule has 0 bridgehead atoms. The molecule has 0 spiro atoms. The van der Waals surface area contributed by atoms with Crippen LogP contribution in [0.3, 0.4) is 0 Å². The van der Waals surface area contributed by atoms with Crippen LogP contribution in [0, 0.1) is 11.3 Å². The van der Waals surface area contributed by atoms with Gasteiger partial charge >= 0.3 is 0 Å². The molecule has 7 heteroatoms. The smallest absolute Gasteiger partial charge is 0.266 e. The number of aromatic nitrogens is 1. The van der Waals surface area contributed by atoms with Gasteiger partial charge < -0.3 is 9.88 Å². The first kappa shape index (κ1) is 16.5. The predicted octanol–water partition coefficient (Wildman–Crippen LogP) is 0.739. The summed E-state index contributed by atoms with van der Waals surface area (Å²) in [5.74, 6) is 0.0336. The van der Waals surface area contributed by atoms with Crippen LogP contribution in [-0.2, 0) is 17.8 Å². The number of rotatable bonds is 2. The zero-order chi connectivity index (χ0) is 18.1. The van der Waals surface area contributed by atoms with E-state index in [1.54, 1.807) is 11.0 Å². The molecule has 1 saturated heterocycles. The molecule has 1 amide bonds. The molecule has 0 aliphatic carbocycles. The first-order valence-corrected chi connectivity index (χ1v) is 8.65. The minimum atomic E-state index is -0.363. The number of hydrogen-bond donors (Lipinski definition) is 3. The Hall–Kier alpha value is -2.95. The van der Waals surface area contributed by atoms with Crippen molar-refractivity contribution in [3.8, 4) is 6.07 Å². The molecule has 0 saturated carbocycles. The van der Waals surface area contributed by atoms with Crippen LogP contribution < -0.4 is 16.4 Å². The maximum Gasteiger partial charge on any atom is 0.266 e. The van der Waals surface area contributed by atoms with Gasteiger partial charge in [-0.1, -0.05) is 30.3 Å². The van der Waals surface area contributed by atoms with E-state index in [0.29, 0.717) is 25.9 Å². The van der Waals surface area contributed by atoms with Gasteiger partial charge in [0.1, 0.15) is 17.7 Å². The second-order valence-electron chi connectivity index (χ2n) is 6.68. The van der Waals surface area contributed by atoms with E-state index in [2.05, 4.69) is 15.8 Å². The molecule has 3 heterocycles. The Labute approximate surface area is 150 Å². The number of fused-ring (bicyclic) bond motifs is 1. The second kappa shape index (κ2) is 6.75. The van der Waals surface area contributed by atoms with E-state index in [0.717, 1.165) is 16.8 Å². The first-order chi connectivity index (χ1) is 12.7. The monoisotopic (exact) mass is 349 g/mol. The Kier molecular flexibility index (Phi) is 4.29. The zero-order valence-electron chi connectivity index (χ0n) is 14.2. The fourth-order valence-electron chi connectivity index (χ4n) is 3.62. The van der Waals surface area contributed by atoms with E-state index in [1.807, 2.05) is 36.4 Å². The van der Waals surface area contributed by atoms with Crippen molar-refractivity contribution >= 4 is 5.91 Å². The van der Waals surface area contributed by atoms with E-state index >= 15 is 0 Å². The van der Waals surface area contributed by atoms with Gasteiger partial charge in [-0.3, -0.25) is 9.59 Å². The molecule has 7 nitrogen and oxygen atoms in total. The van der Waals surface area contributed by atoms with Crippen LogP contribution in [0.15, 0.2) is 41.2 Å². The van der Waals surface area contributed by atoms with E-state index < -0.39 is 0 Å². The molecule has 26 heavy (non-hydrogen) atoms. The second-order valence-corrected chi connectivity index (χ2v) is 6.68. The van der Waals surface area contributed by atoms with Crippen molar-refractivity contribution in [2.45, 2.75) is 31.5 Å². The van der Waals surface area contributed by atoms with Crippen molar-refractivity contribution in [3.05, 3.63) is 69.1 Å². The third-order valence-corrected chi connectivity index (χ3v) is 5.04. The maximum absolute atomic E-state index is 12.9. The van der Waals surface area contributed by atoms with Gasteiger partial charge in [0.05, 0.1) is 0 Å². The normalized spacial score (nSPS) is 21.9. The number of nitriles is 1. The van der Waals surface area contributed by atoms with Gasteiger partial charge in [-0.05, 0) is 23.6 Å². The Morgan fingerprint density at radius 2 is 2.04 bits per heavy atom. The molecule has 2 unspecified atom stereocenters. The van der Waals surface area contributed by atoms with E-state index in [1.165, 1.54) is 0 Å². The zero-order valence-corrected chi connectivity index (χ0v) is 14.2. The van der Waals surface area contributed by atoms with Crippen molar-refractivity contribution in [2.75, 3.05) is 6.54 Å². The van der Waals surface area contributed by atoms with Gasteiger partial charge in [-0.2, -0.15) is 5.26 Å². The van der Waals surface area contributed by atoms with Crippen LogP contribution in [0.1, 0.15) is 34.8 Å². The Bertz CT molecular complexity index is 931. The van der Waals surface area contributed by atoms with Crippen LogP contribution in [0.25, 0.3) is 0 Å². The Morgan fingerprint density at radius 3 is 2.81 bits per heavy atom. The lowest BCUT2D eigenvalue weighted by molar-refractivity contribution is -0.134. The Morgan fingerprint density at radius 1 is 1.23 bits per heavy atom. The average Bonchev–Trinajstić information content (AvgIpc) is 3.17. The number of carbonyl (C=O) groups is 1. The van der Waals surface area contributed by atoms with Crippen LogP contribution in [-0.4, -0.2) is 28.4 Å². The Balaban J connectivity index is 1.47. The van der Waals surface area contributed by atoms with Crippen molar-refractivity contribution in [3.63, 3.8) is 0 Å². The molecular formula is C19H19N5O2. The summed E-state index contributed by atoms with van der Waals surface area (Å²) < 4.78 is 0. The van der Waals surface area contributed by atoms with Gasteiger partial charge in [-0.15, -0.1) is 0 Å². The van der Waals surface area contributed by atoms with Crippen LogP contribution >= 0.6 is 0 Å². The number of nitrogens with zero attached hydrogens (tertiary/aromatic N) is 2. The van der Waals surface area contributed by atoms with Crippen molar-refractivity contribution in [2.24, 2.45) is 0 Å². The third-order valence-electron chi connectivity index (χ3n) is 5.04. The highest BCUT2D eigenvalue weighted by Crippen LogP contribution is 2.24. The molecule has 1 aromatic heterocycles. The summed E-state index contributed by atoms with van der Waals surface area (Å²) in [5.41, 5.74) is 8.83. The number of carbonyl (C=O) groups excluding carboxylic acids is 1. The highest BCUT2D eigenvalue weighted by molar-refractivity contribution is 5.82. The number of pyridine rings is 1. The fourth-order valence-corrected chi connectivity index (χ4v) is 3.62. The highest BCUT2D eigenvalue weighted by atomic mass is 16.2. The fraction of sp³-hybridized carbons (Fsp3) is 0.316. The summed E-state index contributed by atoms with van der Waals surface area (Å²) in [5, 5.41) is 9.04. The average molecular weight is 349 g/mol. The van der Waals surface area contributed by atoms with Gasteiger partial charge in [0.2, 0.25) is 5.91 Å². The van der Waals surface area contributed by atoms with Gasteiger partial charge in [0.25, 0.3) is 5.56 Å². The summed E-state index contributed by atoms with van der Waals surface area (Å²) in [4.78, 5) is 29.2. The number of H-pyrrole nitrogens is 1. The van der Waals surface area contributed by atoms with Gasteiger partial charge in [0, 0.05) is 31.2 Å². The lowest BCUT2D eigenvalue weighted by Gasteiger charge is -2.30. The molecular weight excluding hydrogens is 330 g/mol. The number of aromatic amines is 1. The molecule has 3 N–H and O–H groups in total. The minimum Gasteiger partial charge on any atom is -0.337 e. The van der Waals surface area contributed by atoms with Crippen molar-refractivity contribution in [1.29, 1.82) is 5.26 Å². The molecule has 2 aliphatic heterocycles. The molecule has 0 radical (unpaired) electrons. The quantitative estimate of drug-likeness (QED) is 0.742. The summed E-state index contributed by atoms with van der Waals surface area (Å²) in [7, 11) is 0. The third kappa shape index (κ3) is 3.01. The molecule has 2 aromatic rings. The first-order valence-electron chi connectivity index (χ1n) is 8.65. The summed E-state index contributed by atoms with van der Waals surface area (Å²) in [6, 6.07) is 13.3. The largest absolute Gasteiger partial charge is 0.337 e. The van der Waals surface area contributed by atoms with Crippen LogP contribution in [0.2, 0.25) is 0 Å². The topological polar surface area (TPSA) is 101 Å².